The van der Waals surface area contributed by atoms with Gasteiger partial charge in [-0.3, -0.25) is 4.79 Å². The van der Waals surface area contributed by atoms with Crippen LogP contribution >= 0.6 is 11.6 Å². The fourth-order valence-electron chi connectivity index (χ4n) is 2.67. The number of carbonyl (C=O) groups excluding carboxylic acids is 1. The van der Waals surface area contributed by atoms with E-state index < -0.39 is 0 Å². The van der Waals surface area contributed by atoms with Crippen LogP contribution in [0.25, 0.3) is 0 Å². The van der Waals surface area contributed by atoms with Crippen LogP contribution in [-0.4, -0.2) is 56.9 Å². The summed E-state index contributed by atoms with van der Waals surface area (Å²) in [7, 11) is 7.94. The summed E-state index contributed by atoms with van der Waals surface area (Å²) in [5.74, 6) is 1.49. The molecule has 0 aliphatic heterocycles. The van der Waals surface area contributed by atoms with Crippen molar-refractivity contribution in [3.05, 3.63) is 59.1 Å². The molecule has 2 rings (SSSR count). The molecule has 25 heavy (non-hydrogen) atoms. The maximum Gasteiger partial charge on any atom is 0.168 e. The van der Waals surface area contributed by atoms with E-state index in [1.807, 2.05) is 74.4 Å². The molecule has 0 heterocycles. The van der Waals surface area contributed by atoms with Gasteiger partial charge in [0.25, 0.3) is 0 Å². The number of hydrogen-bond acceptors (Lipinski definition) is 4. The van der Waals surface area contributed by atoms with Crippen molar-refractivity contribution >= 4 is 17.4 Å². The molecule has 0 aliphatic rings. The Morgan fingerprint density at radius 1 is 0.880 bits per heavy atom. The van der Waals surface area contributed by atoms with Gasteiger partial charge in [-0.2, -0.15) is 0 Å². The predicted octanol–water partition coefficient (Wildman–Crippen LogP) is 4.05. The van der Waals surface area contributed by atoms with Crippen molar-refractivity contribution in [3.8, 4) is 11.5 Å². The summed E-state index contributed by atoms with van der Waals surface area (Å²) in [5.41, 5.74) is 0.706. The van der Waals surface area contributed by atoms with Crippen molar-refractivity contribution in [1.29, 1.82) is 0 Å². The van der Waals surface area contributed by atoms with E-state index in [1.54, 1.807) is 12.1 Å². The third kappa shape index (κ3) is 6.16. The van der Waals surface area contributed by atoms with Gasteiger partial charge < -0.3 is 14.5 Å². The highest BCUT2D eigenvalue weighted by Crippen LogP contribution is 2.24. The molecule has 0 N–H and O–H groups in total. The van der Waals surface area contributed by atoms with E-state index in [4.69, 9.17) is 16.3 Å². The first-order valence-corrected chi connectivity index (χ1v) is 8.60. The van der Waals surface area contributed by atoms with Gasteiger partial charge in [-0.25, -0.2) is 0 Å². The van der Waals surface area contributed by atoms with E-state index in [-0.39, 0.29) is 11.7 Å². The predicted molar refractivity (Wildman–Crippen MR) is 103 cm³/mol. The van der Waals surface area contributed by atoms with Crippen LogP contribution in [0.2, 0.25) is 5.02 Å². The van der Waals surface area contributed by atoms with E-state index in [0.29, 0.717) is 22.1 Å². The molecular weight excluding hydrogens is 336 g/mol. The lowest BCUT2D eigenvalue weighted by Crippen LogP contribution is -2.35. The number of nitrogens with zero attached hydrogens (tertiary/aromatic N) is 2. The monoisotopic (exact) mass is 360 g/mol. The SMILES string of the molecule is CN(C)CC(CN(C)C)C(=O)c1ccc(Oc2ccc(Cl)cc2)cc1. The first kappa shape index (κ1) is 19.4. The van der Waals surface area contributed by atoms with Gasteiger partial charge in [-0.1, -0.05) is 11.6 Å². The van der Waals surface area contributed by atoms with Gasteiger partial charge >= 0.3 is 0 Å². The normalized spacial score (nSPS) is 11.4. The standard InChI is InChI=1S/C20H25ClN2O2/c1-22(2)13-16(14-23(3)4)20(24)15-5-9-18(10-6-15)25-19-11-7-17(21)8-12-19/h5-12,16H,13-14H2,1-4H3. The molecule has 2 aromatic rings. The fourth-order valence-corrected chi connectivity index (χ4v) is 2.79. The maximum atomic E-state index is 12.8. The summed E-state index contributed by atoms with van der Waals surface area (Å²) < 4.78 is 5.77. The van der Waals surface area contributed by atoms with E-state index in [0.717, 1.165) is 13.1 Å². The zero-order chi connectivity index (χ0) is 18.4. The lowest BCUT2D eigenvalue weighted by atomic mass is 9.96. The second kappa shape index (κ2) is 8.99. The second-order valence-corrected chi connectivity index (χ2v) is 7.10. The summed E-state index contributed by atoms with van der Waals surface area (Å²) in [6, 6.07) is 14.5. The number of ether oxygens (including phenoxy) is 1. The maximum absolute atomic E-state index is 12.8. The van der Waals surface area contributed by atoms with Crippen LogP contribution in [0, 0.1) is 5.92 Å². The molecule has 2 aromatic carbocycles. The summed E-state index contributed by atoms with van der Waals surface area (Å²) in [4.78, 5) is 16.9. The molecule has 0 aromatic heterocycles. The van der Waals surface area contributed by atoms with Gasteiger partial charge in [0.2, 0.25) is 0 Å². The summed E-state index contributed by atoms with van der Waals surface area (Å²) in [6.07, 6.45) is 0. The van der Waals surface area contributed by atoms with Crippen molar-refractivity contribution < 1.29 is 9.53 Å². The molecule has 5 heteroatoms. The van der Waals surface area contributed by atoms with Gasteiger partial charge in [0.15, 0.2) is 5.78 Å². The molecule has 0 saturated carbocycles. The van der Waals surface area contributed by atoms with Crippen LogP contribution in [0.3, 0.4) is 0 Å². The highest BCUT2D eigenvalue weighted by atomic mass is 35.5. The van der Waals surface area contributed by atoms with E-state index >= 15 is 0 Å². The van der Waals surface area contributed by atoms with Crippen LogP contribution in [0.1, 0.15) is 10.4 Å². The first-order valence-electron chi connectivity index (χ1n) is 8.22. The summed E-state index contributed by atoms with van der Waals surface area (Å²) >= 11 is 5.87. The van der Waals surface area contributed by atoms with Crippen molar-refractivity contribution in [2.45, 2.75) is 0 Å². The van der Waals surface area contributed by atoms with Crippen molar-refractivity contribution in [2.75, 3.05) is 41.3 Å². The van der Waals surface area contributed by atoms with Gasteiger partial charge in [-0.15, -0.1) is 0 Å². The number of rotatable bonds is 8. The molecule has 0 amide bonds. The average molecular weight is 361 g/mol. The molecule has 0 unspecified atom stereocenters. The highest BCUT2D eigenvalue weighted by Gasteiger charge is 2.21. The lowest BCUT2D eigenvalue weighted by Gasteiger charge is -2.23. The number of benzene rings is 2. The second-order valence-electron chi connectivity index (χ2n) is 6.67. The van der Waals surface area contributed by atoms with Crippen molar-refractivity contribution in [2.24, 2.45) is 5.92 Å². The Labute approximate surface area is 155 Å². The molecule has 0 radical (unpaired) electrons. The van der Waals surface area contributed by atoms with Crippen molar-refractivity contribution in [3.63, 3.8) is 0 Å². The van der Waals surface area contributed by atoms with Gasteiger partial charge in [0, 0.05) is 29.6 Å². The topological polar surface area (TPSA) is 32.8 Å². The molecule has 0 aliphatic carbocycles. The Kier molecular flexibility index (Phi) is 7.00. The molecule has 0 bridgehead atoms. The van der Waals surface area contributed by atoms with E-state index in [9.17, 15) is 4.79 Å². The van der Waals surface area contributed by atoms with Crippen molar-refractivity contribution in [1.82, 2.24) is 9.80 Å². The minimum atomic E-state index is -0.0620. The summed E-state index contributed by atoms with van der Waals surface area (Å²) in [5, 5.41) is 0.668. The highest BCUT2D eigenvalue weighted by molar-refractivity contribution is 6.30. The van der Waals surface area contributed by atoms with Crippen LogP contribution in [0.4, 0.5) is 0 Å². The average Bonchev–Trinajstić information content (AvgIpc) is 2.55. The third-order valence-electron chi connectivity index (χ3n) is 3.73. The first-order chi connectivity index (χ1) is 11.8. The van der Waals surface area contributed by atoms with E-state index in [2.05, 4.69) is 0 Å². The minimum absolute atomic E-state index is 0.0620. The minimum Gasteiger partial charge on any atom is -0.457 e. The van der Waals surface area contributed by atoms with Gasteiger partial charge in [0.1, 0.15) is 11.5 Å². The molecule has 4 nitrogen and oxygen atoms in total. The van der Waals surface area contributed by atoms with Crippen LogP contribution < -0.4 is 4.74 Å². The zero-order valence-corrected chi connectivity index (χ0v) is 16.0. The fraction of sp³-hybridized carbons (Fsp3) is 0.350. The number of hydrogen-bond donors (Lipinski definition) is 0. The quantitative estimate of drug-likeness (QED) is 0.665. The lowest BCUT2D eigenvalue weighted by molar-refractivity contribution is 0.0871. The number of carbonyl (C=O) groups is 1. The van der Waals surface area contributed by atoms with E-state index in [1.165, 1.54) is 0 Å². The Bertz CT molecular complexity index is 672. The Hall–Kier alpha value is -1.88. The zero-order valence-electron chi connectivity index (χ0n) is 15.2. The van der Waals surface area contributed by atoms with Gasteiger partial charge in [-0.05, 0) is 76.7 Å². The molecule has 0 saturated heterocycles. The molecule has 0 atom stereocenters. The number of halogens is 1. The Morgan fingerprint density at radius 2 is 1.32 bits per heavy atom. The van der Waals surface area contributed by atoms with Crippen LogP contribution in [-0.2, 0) is 0 Å². The summed E-state index contributed by atoms with van der Waals surface area (Å²) in [6.45, 7) is 1.44. The van der Waals surface area contributed by atoms with Crippen LogP contribution in [0.5, 0.6) is 11.5 Å². The molecular formula is C20H25ClN2O2. The van der Waals surface area contributed by atoms with Gasteiger partial charge in [0.05, 0.1) is 0 Å². The molecule has 0 spiro atoms. The molecule has 0 fully saturated rings. The smallest absolute Gasteiger partial charge is 0.168 e. The number of ketones is 1. The Balaban J connectivity index is 2.08. The number of Topliss-reactive ketones (excluding diaryl/α,β-unsaturated/α-hetero) is 1. The largest absolute Gasteiger partial charge is 0.457 e. The molecule has 134 valence electrons. The Morgan fingerprint density at radius 3 is 1.76 bits per heavy atom. The third-order valence-corrected chi connectivity index (χ3v) is 3.98. The van der Waals surface area contributed by atoms with Crippen LogP contribution in [0.15, 0.2) is 48.5 Å².